The fraction of sp³-hybridized carbons (Fsp3) is 0.923. The van der Waals surface area contributed by atoms with Gasteiger partial charge in [0.1, 0.15) is 0 Å². The van der Waals surface area contributed by atoms with Crippen molar-refractivity contribution in [3.05, 3.63) is 11.6 Å². The lowest BCUT2D eigenvalue weighted by Crippen LogP contribution is -2.41. The van der Waals surface area contributed by atoms with Gasteiger partial charge in [0.15, 0.2) is 0 Å². The Hall–Kier alpha value is -0.510. The van der Waals surface area contributed by atoms with Gasteiger partial charge >= 0.3 is 6.18 Å². The van der Waals surface area contributed by atoms with Gasteiger partial charge in [-0.2, -0.15) is 13.2 Å². The van der Waals surface area contributed by atoms with Gasteiger partial charge in [0, 0.05) is 6.42 Å². The molecule has 0 spiro atoms. The number of hydrogen-bond donors (Lipinski definition) is 1. The molecule has 3 aliphatic carbocycles. The van der Waals surface area contributed by atoms with Crippen LogP contribution < -0.4 is 0 Å². The maximum absolute atomic E-state index is 12.5. The minimum Gasteiger partial charge on any atom is -0.390 e. The van der Waals surface area contributed by atoms with Gasteiger partial charge in [0.25, 0.3) is 0 Å². The van der Waals surface area contributed by atoms with Gasteiger partial charge < -0.3 is 5.11 Å². The van der Waals surface area contributed by atoms with Crippen LogP contribution in [0.2, 0.25) is 0 Å². The second-order valence-electron chi connectivity index (χ2n) is 11.6. The molecule has 4 heteroatoms. The van der Waals surface area contributed by atoms with Gasteiger partial charge in [-0.25, -0.2) is 0 Å². The molecule has 0 aliphatic heterocycles. The lowest BCUT2D eigenvalue weighted by Gasteiger charge is -2.48. The van der Waals surface area contributed by atoms with Crippen LogP contribution in [0.15, 0.2) is 11.6 Å². The van der Waals surface area contributed by atoms with Crippen LogP contribution in [0.1, 0.15) is 111 Å². The summed E-state index contributed by atoms with van der Waals surface area (Å²) in [5.74, 6) is 1.99. The molecule has 3 rings (SSSR count). The molecule has 3 aliphatic rings. The Balaban J connectivity index is 1.64. The molecule has 3 fully saturated rings. The van der Waals surface area contributed by atoms with Gasteiger partial charge in [-0.15, -0.1) is 0 Å². The summed E-state index contributed by atoms with van der Waals surface area (Å²) in [6, 6.07) is 0. The topological polar surface area (TPSA) is 20.2 Å². The molecule has 0 bridgehead atoms. The second-order valence-corrected chi connectivity index (χ2v) is 11.6. The molecule has 3 saturated carbocycles. The highest BCUT2D eigenvalue weighted by Gasteiger charge is 2.51. The van der Waals surface area contributed by atoms with Gasteiger partial charge in [0.05, 0.1) is 5.60 Å². The third-order valence-electron chi connectivity index (χ3n) is 9.62. The number of fused-ring (bicyclic) bond motifs is 1. The van der Waals surface area contributed by atoms with Crippen LogP contribution in [0.5, 0.6) is 0 Å². The zero-order valence-electron chi connectivity index (χ0n) is 19.6. The Morgan fingerprint density at radius 3 is 2.27 bits per heavy atom. The Bertz CT molecular complexity index is 622. The summed E-state index contributed by atoms with van der Waals surface area (Å²) in [6.45, 7) is 8.98. The van der Waals surface area contributed by atoms with E-state index in [2.05, 4.69) is 26.8 Å². The monoisotopic (exact) mass is 428 g/mol. The molecular formula is C26H43F3O. The lowest BCUT2D eigenvalue weighted by molar-refractivity contribution is -0.135. The summed E-state index contributed by atoms with van der Waals surface area (Å²) in [4.78, 5) is 0. The Morgan fingerprint density at radius 2 is 1.60 bits per heavy atom. The van der Waals surface area contributed by atoms with E-state index in [-0.39, 0.29) is 11.8 Å². The number of aliphatic hydroxyl groups is 1. The summed E-state index contributed by atoms with van der Waals surface area (Å²) in [6.07, 6.45) is 9.74. The van der Waals surface area contributed by atoms with Crippen LogP contribution >= 0.6 is 0 Å². The van der Waals surface area contributed by atoms with Crippen LogP contribution in [0.4, 0.5) is 13.2 Å². The molecular weight excluding hydrogens is 385 g/mol. The molecule has 0 saturated heterocycles. The molecule has 1 N–H and O–H groups in total. The largest absolute Gasteiger partial charge is 0.390 e. The zero-order chi connectivity index (χ0) is 22.2. The maximum atomic E-state index is 12.5. The van der Waals surface area contributed by atoms with Crippen molar-refractivity contribution in [3.8, 4) is 0 Å². The number of halogens is 3. The Morgan fingerprint density at radius 1 is 0.933 bits per heavy atom. The van der Waals surface area contributed by atoms with Crippen molar-refractivity contribution in [1.82, 2.24) is 0 Å². The van der Waals surface area contributed by atoms with E-state index in [0.29, 0.717) is 23.7 Å². The molecule has 0 aromatic heterocycles. The van der Waals surface area contributed by atoms with Gasteiger partial charge in [-0.3, -0.25) is 0 Å². The lowest BCUT2D eigenvalue weighted by atomic mass is 9.59. The highest BCUT2D eigenvalue weighted by molar-refractivity contribution is 5.21. The number of alkyl halides is 3. The molecule has 0 aromatic carbocycles. The van der Waals surface area contributed by atoms with Crippen LogP contribution in [0.3, 0.4) is 0 Å². The fourth-order valence-corrected chi connectivity index (χ4v) is 7.43. The molecule has 0 aromatic rings. The predicted octanol–water partition coefficient (Wildman–Crippen LogP) is 8.22. The van der Waals surface area contributed by atoms with Crippen LogP contribution in [-0.4, -0.2) is 16.9 Å². The highest BCUT2D eigenvalue weighted by atomic mass is 19.4. The average molecular weight is 429 g/mol. The van der Waals surface area contributed by atoms with E-state index in [1.807, 2.05) is 6.92 Å². The quantitative estimate of drug-likeness (QED) is 0.345. The summed E-state index contributed by atoms with van der Waals surface area (Å²) in [5.41, 5.74) is 1.36. The van der Waals surface area contributed by atoms with Crippen LogP contribution in [0, 0.1) is 28.6 Å². The van der Waals surface area contributed by atoms with Crippen molar-refractivity contribution in [1.29, 1.82) is 0 Å². The molecule has 0 radical (unpaired) electrons. The minimum absolute atomic E-state index is 0.189. The number of hydrogen-bond acceptors (Lipinski definition) is 1. The summed E-state index contributed by atoms with van der Waals surface area (Å²) >= 11 is 0. The van der Waals surface area contributed by atoms with E-state index in [9.17, 15) is 18.3 Å². The molecule has 6 atom stereocenters. The van der Waals surface area contributed by atoms with Crippen molar-refractivity contribution >= 4 is 0 Å². The molecule has 1 nitrogen and oxygen atoms in total. The summed E-state index contributed by atoms with van der Waals surface area (Å²) in [7, 11) is 0. The Labute approximate surface area is 181 Å². The standard InChI is InChI=1S/C26H43F3O/c1-5-19-18-23(2,30)16-17-25(19,4)22-12-11-21-10-9-20(24(21,3)15-13-22)8-6-7-14-26(27,28)29/h5,20-22,30H,6-18H2,1-4H3/b19-5-/t20-,21?,22?,23-,24+,25-/m0/s1. The van der Waals surface area contributed by atoms with Crippen molar-refractivity contribution in [2.75, 3.05) is 0 Å². The third kappa shape index (κ3) is 5.10. The van der Waals surface area contributed by atoms with Crippen molar-refractivity contribution in [2.24, 2.45) is 28.6 Å². The van der Waals surface area contributed by atoms with E-state index in [0.717, 1.165) is 31.6 Å². The predicted molar refractivity (Wildman–Crippen MR) is 117 cm³/mol. The number of rotatable bonds is 5. The fourth-order valence-electron chi connectivity index (χ4n) is 7.43. The van der Waals surface area contributed by atoms with E-state index in [1.165, 1.54) is 44.1 Å². The molecule has 0 heterocycles. The first kappa shape index (κ1) is 24.1. The molecule has 30 heavy (non-hydrogen) atoms. The normalized spacial score (nSPS) is 44.1. The van der Waals surface area contributed by atoms with Gasteiger partial charge in [-0.1, -0.05) is 31.9 Å². The van der Waals surface area contributed by atoms with E-state index < -0.39 is 18.2 Å². The summed E-state index contributed by atoms with van der Waals surface area (Å²) < 4.78 is 37.5. The van der Waals surface area contributed by atoms with Crippen molar-refractivity contribution in [3.63, 3.8) is 0 Å². The molecule has 0 amide bonds. The Kier molecular flexibility index (Phi) is 7.07. The first-order chi connectivity index (χ1) is 13.9. The summed E-state index contributed by atoms with van der Waals surface area (Å²) in [5, 5.41) is 10.6. The molecule has 2 unspecified atom stereocenters. The van der Waals surface area contributed by atoms with Crippen molar-refractivity contribution < 1.29 is 18.3 Å². The first-order valence-electron chi connectivity index (χ1n) is 12.3. The van der Waals surface area contributed by atoms with Crippen LogP contribution in [-0.2, 0) is 0 Å². The van der Waals surface area contributed by atoms with Crippen LogP contribution in [0.25, 0.3) is 0 Å². The van der Waals surface area contributed by atoms with E-state index in [4.69, 9.17) is 0 Å². The number of unbranched alkanes of at least 4 members (excludes halogenated alkanes) is 1. The number of allylic oxidation sites excluding steroid dienone is 1. The third-order valence-corrected chi connectivity index (χ3v) is 9.62. The zero-order valence-corrected chi connectivity index (χ0v) is 19.6. The maximum Gasteiger partial charge on any atom is 0.389 e. The highest BCUT2D eigenvalue weighted by Crippen LogP contribution is 2.60. The SMILES string of the molecule is C/C=C1/C[C@@](C)(O)CC[C@]1(C)C1CCC2CC[C@H](CCCCC(F)(F)F)[C@@]2(C)CC1. The minimum atomic E-state index is -4.01. The van der Waals surface area contributed by atoms with E-state index in [1.54, 1.807) is 0 Å². The van der Waals surface area contributed by atoms with E-state index >= 15 is 0 Å². The van der Waals surface area contributed by atoms with Gasteiger partial charge in [0.2, 0.25) is 0 Å². The van der Waals surface area contributed by atoms with Crippen molar-refractivity contribution in [2.45, 2.75) is 123 Å². The first-order valence-corrected chi connectivity index (χ1v) is 12.3. The molecule has 174 valence electrons. The smallest absolute Gasteiger partial charge is 0.389 e. The van der Waals surface area contributed by atoms with Gasteiger partial charge in [-0.05, 0) is 113 Å². The second kappa shape index (κ2) is 8.79. The average Bonchev–Trinajstić information content (AvgIpc) is 2.84.